The van der Waals surface area contributed by atoms with Gasteiger partial charge in [0.25, 0.3) is 16.0 Å². The van der Waals surface area contributed by atoms with E-state index in [0.29, 0.717) is 16.6 Å². The smallest absolute Gasteiger partial charge is 0.295 e. The normalized spacial score (nSPS) is 11.5. The highest BCUT2D eigenvalue weighted by atomic mass is 32.2. The minimum Gasteiger partial charge on any atom is -0.508 e. The first-order valence-electron chi connectivity index (χ1n) is 7.57. The highest BCUT2D eigenvalue weighted by Gasteiger charge is 2.19. The molecule has 3 rings (SSSR count). The maximum atomic E-state index is 12.5. The van der Waals surface area contributed by atoms with Crippen molar-refractivity contribution < 1.29 is 22.9 Å². The van der Waals surface area contributed by atoms with Crippen LogP contribution in [0.2, 0.25) is 0 Å². The Hall–Kier alpha value is -3.10. The van der Waals surface area contributed by atoms with Gasteiger partial charge in [0.1, 0.15) is 10.6 Å². The molecule has 0 aliphatic heterocycles. The number of hydrogen-bond acceptors (Lipinski definition) is 5. The molecule has 0 spiro atoms. The van der Waals surface area contributed by atoms with Crippen molar-refractivity contribution in [3.8, 4) is 5.75 Å². The van der Waals surface area contributed by atoms with Crippen LogP contribution in [0.4, 0.5) is 11.4 Å². The van der Waals surface area contributed by atoms with Gasteiger partial charge in [0.15, 0.2) is 0 Å². The zero-order valence-electron chi connectivity index (χ0n) is 13.7. The molecule has 0 heterocycles. The Morgan fingerprint density at radius 1 is 1.12 bits per heavy atom. The highest BCUT2D eigenvalue weighted by molar-refractivity contribution is 7.86. The van der Waals surface area contributed by atoms with Crippen LogP contribution in [0.3, 0.4) is 0 Å². The van der Waals surface area contributed by atoms with Gasteiger partial charge in [-0.2, -0.15) is 8.42 Å². The van der Waals surface area contributed by atoms with E-state index in [2.05, 4.69) is 5.32 Å². The van der Waals surface area contributed by atoms with E-state index in [-0.39, 0.29) is 16.8 Å². The Balaban J connectivity index is 2.13. The molecular formula is C18H16N2O5S. The summed E-state index contributed by atoms with van der Waals surface area (Å²) in [5, 5.41) is 12.8. The van der Waals surface area contributed by atoms with Crippen LogP contribution in [0.25, 0.3) is 10.8 Å². The number of benzene rings is 3. The summed E-state index contributed by atoms with van der Waals surface area (Å²) in [4.78, 5) is 12.0. The van der Waals surface area contributed by atoms with Crippen molar-refractivity contribution in [1.29, 1.82) is 0 Å². The first-order chi connectivity index (χ1) is 12.2. The number of aromatic hydroxyl groups is 1. The Morgan fingerprint density at radius 2 is 1.85 bits per heavy atom. The fourth-order valence-electron chi connectivity index (χ4n) is 2.66. The average molecular weight is 372 g/mol. The first kappa shape index (κ1) is 17.7. The van der Waals surface area contributed by atoms with Gasteiger partial charge in [-0.1, -0.05) is 18.2 Å². The fourth-order valence-corrected chi connectivity index (χ4v) is 3.41. The minimum absolute atomic E-state index is 0.0984. The molecule has 26 heavy (non-hydrogen) atoms. The number of nitrogens with two attached hydrogens (primary N) is 1. The van der Waals surface area contributed by atoms with Crippen molar-refractivity contribution in [2.75, 3.05) is 11.1 Å². The van der Waals surface area contributed by atoms with E-state index in [1.165, 1.54) is 18.2 Å². The number of rotatable bonds is 3. The minimum atomic E-state index is -4.62. The molecule has 0 atom stereocenters. The van der Waals surface area contributed by atoms with Crippen LogP contribution in [0.1, 0.15) is 15.9 Å². The van der Waals surface area contributed by atoms with Gasteiger partial charge in [-0.05, 0) is 42.1 Å². The van der Waals surface area contributed by atoms with E-state index in [0.717, 1.165) is 11.6 Å². The van der Waals surface area contributed by atoms with Crippen molar-refractivity contribution in [3.05, 3.63) is 59.7 Å². The quantitative estimate of drug-likeness (QED) is 0.413. The number of phenolic OH excluding ortho intramolecular Hbond substituents is 1. The molecule has 0 aliphatic rings. The lowest BCUT2D eigenvalue weighted by Crippen LogP contribution is -2.13. The molecule has 5 N–H and O–H groups in total. The zero-order valence-corrected chi connectivity index (χ0v) is 14.5. The monoisotopic (exact) mass is 372 g/mol. The van der Waals surface area contributed by atoms with Crippen molar-refractivity contribution in [1.82, 2.24) is 0 Å². The summed E-state index contributed by atoms with van der Waals surface area (Å²) in [5.41, 5.74) is 7.59. The third kappa shape index (κ3) is 3.32. The van der Waals surface area contributed by atoms with Crippen LogP contribution in [-0.2, 0) is 10.1 Å². The Morgan fingerprint density at radius 3 is 2.50 bits per heavy atom. The molecule has 0 radical (unpaired) electrons. The Kier molecular flexibility index (Phi) is 4.31. The number of carbonyl (C=O) groups is 1. The maximum Gasteiger partial charge on any atom is 0.295 e. The molecule has 8 heteroatoms. The molecule has 0 aliphatic carbocycles. The zero-order chi connectivity index (χ0) is 19.1. The predicted octanol–water partition coefficient (Wildman–Crippen LogP) is 2.94. The van der Waals surface area contributed by atoms with Crippen molar-refractivity contribution in [3.63, 3.8) is 0 Å². The van der Waals surface area contributed by atoms with Gasteiger partial charge in [0.2, 0.25) is 0 Å². The van der Waals surface area contributed by atoms with Crippen LogP contribution in [0, 0.1) is 6.92 Å². The van der Waals surface area contributed by atoms with E-state index in [1.54, 1.807) is 24.3 Å². The van der Waals surface area contributed by atoms with Gasteiger partial charge in [-0.3, -0.25) is 9.35 Å². The first-order valence-corrected chi connectivity index (χ1v) is 9.01. The lowest BCUT2D eigenvalue weighted by Gasteiger charge is -2.12. The summed E-state index contributed by atoms with van der Waals surface area (Å²) in [5.74, 6) is -0.807. The molecule has 3 aromatic rings. The summed E-state index contributed by atoms with van der Waals surface area (Å²) >= 11 is 0. The van der Waals surface area contributed by atoms with E-state index in [1.807, 2.05) is 6.92 Å². The summed E-state index contributed by atoms with van der Waals surface area (Å²) in [6, 6.07) is 11.7. The number of aryl methyl sites for hydroxylation is 1. The van der Waals surface area contributed by atoms with Crippen LogP contribution in [0.15, 0.2) is 53.4 Å². The summed E-state index contributed by atoms with van der Waals surface area (Å²) in [6.45, 7) is 1.81. The number of amides is 1. The maximum absolute atomic E-state index is 12.5. The van der Waals surface area contributed by atoms with Gasteiger partial charge in [-0.15, -0.1) is 0 Å². The van der Waals surface area contributed by atoms with E-state index in [4.69, 9.17) is 5.73 Å². The standard InChI is InChI=1S/C18H16N2O5S/c1-10-5-6-12(8-14(10)19)18(22)20-15-4-2-3-11-7-13(21)9-16(17(11)15)26(23,24)25/h2-9,21H,19H2,1H3,(H,20,22)(H,23,24,25). The van der Waals surface area contributed by atoms with Crippen LogP contribution in [0.5, 0.6) is 5.75 Å². The molecule has 0 saturated carbocycles. The molecular weight excluding hydrogens is 356 g/mol. The van der Waals surface area contributed by atoms with Crippen LogP contribution < -0.4 is 11.1 Å². The second-order valence-electron chi connectivity index (χ2n) is 5.85. The SMILES string of the molecule is Cc1ccc(C(=O)Nc2cccc3cc(O)cc(S(=O)(=O)O)c23)cc1N. The number of carbonyl (C=O) groups excluding carboxylic acids is 1. The van der Waals surface area contributed by atoms with Gasteiger partial charge < -0.3 is 16.2 Å². The number of hydrogen-bond donors (Lipinski definition) is 4. The highest BCUT2D eigenvalue weighted by Crippen LogP contribution is 2.33. The molecule has 1 amide bonds. The molecule has 3 aromatic carbocycles. The van der Waals surface area contributed by atoms with Gasteiger partial charge in [-0.25, -0.2) is 0 Å². The topological polar surface area (TPSA) is 130 Å². The van der Waals surface area contributed by atoms with E-state index in [9.17, 15) is 22.9 Å². The van der Waals surface area contributed by atoms with Gasteiger partial charge in [0, 0.05) is 22.7 Å². The largest absolute Gasteiger partial charge is 0.508 e. The molecule has 134 valence electrons. The summed E-state index contributed by atoms with van der Waals surface area (Å²) < 4.78 is 32.9. The summed E-state index contributed by atoms with van der Waals surface area (Å²) in [7, 11) is -4.62. The lowest BCUT2D eigenvalue weighted by molar-refractivity contribution is 0.102. The molecule has 0 bridgehead atoms. The van der Waals surface area contributed by atoms with Crippen LogP contribution >= 0.6 is 0 Å². The predicted molar refractivity (Wildman–Crippen MR) is 99.0 cm³/mol. The third-order valence-corrected chi connectivity index (χ3v) is 4.87. The average Bonchev–Trinajstić information content (AvgIpc) is 2.55. The Labute approximate surface area is 149 Å². The summed E-state index contributed by atoms with van der Waals surface area (Å²) in [6.07, 6.45) is 0. The fraction of sp³-hybridized carbons (Fsp3) is 0.0556. The van der Waals surface area contributed by atoms with E-state index < -0.39 is 20.9 Å². The lowest BCUT2D eigenvalue weighted by atomic mass is 10.1. The van der Waals surface area contributed by atoms with Crippen molar-refractivity contribution in [2.45, 2.75) is 11.8 Å². The van der Waals surface area contributed by atoms with Gasteiger partial charge in [0.05, 0.1) is 5.69 Å². The Bertz CT molecular complexity index is 1140. The number of phenols is 1. The molecule has 7 nitrogen and oxygen atoms in total. The molecule has 0 aromatic heterocycles. The molecule has 0 unspecified atom stereocenters. The molecule has 0 saturated heterocycles. The van der Waals surface area contributed by atoms with E-state index >= 15 is 0 Å². The van der Waals surface area contributed by atoms with Crippen LogP contribution in [-0.4, -0.2) is 24.0 Å². The number of anilines is 2. The van der Waals surface area contributed by atoms with Crippen molar-refractivity contribution in [2.24, 2.45) is 0 Å². The number of nitrogens with one attached hydrogen (secondary N) is 1. The van der Waals surface area contributed by atoms with Crippen molar-refractivity contribution >= 4 is 38.2 Å². The molecule has 0 fully saturated rings. The second kappa shape index (κ2) is 6.32. The number of nitrogen functional groups attached to an aromatic ring is 1. The number of fused-ring (bicyclic) bond motifs is 1. The van der Waals surface area contributed by atoms with Gasteiger partial charge >= 0.3 is 0 Å². The third-order valence-electron chi connectivity index (χ3n) is 3.99. The second-order valence-corrected chi connectivity index (χ2v) is 7.24.